The standard InChI is InChI=1S/C10H15N3O6P2/c14-20(15,16)5-10(21(17,18)19)12-7-13-6-11-8-3-1-2-4-9(8)13/h1-4,11H,5-7H2,(H2,14,15,16)(H2,17,18,19). The van der Waals surface area contributed by atoms with Crippen LogP contribution in [-0.4, -0.2) is 44.5 Å². The summed E-state index contributed by atoms with van der Waals surface area (Å²) in [6, 6.07) is 7.30. The third-order valence-electron chi connectivity index (χ3n) is 2.81. The maximum absolute atomic E-state index is 11.2. The topological polar surface area (TPSA) is 143 Å². The SMILES string of the molecule is O=P(O)(O)CC(=NCN1CNc2ccccc21)P(=O)(O)O. The lowest BCUT2D eigenvalue weighted by molar-refractivity contribution is 0.374. The molecule has 0 aromatic heterocycles. The predicted octanol–water partition coefficient (Wildman–Crippen LogP) is 0.587. The van der Waals surface area contributed by atoms with Crippen LogP contribution in [0.2, 0.25) is 0 Å². The molecule has 21 heavy (non-hydrogen) atoms. The van der Waals surface area contributed by atoms with Crippen molar-refractivity contribution >= 4 is 32.0 Å². The van der Waals surface area contributed by atoms with E-state index in [9.17, 15) is 9.13 Å². The first-order chi connectivity index (χ1) is 9.67. The van der Waals surface area contributed by atoms with Crippen molar-refractivity contribution in [1.82, 2.24) is 0 Å². The van der Waals surface area contributed by atoms with E-state index < -0.39 is 26.8 Å². The van der Waals surface area contributed by atoms with E-state index in [1.807, 2.05) is 24.3 Å². The number of para-hydroxylation sites is 2. The van der Waals surface area contributed by atoms with Gasteiger partial charge in [-0.1, -0.05) is 12.1 Å². The minimum absolute atomic E-state index is 0.107. The summed E-state index contributed by atoms with van der Waals surface area (Å²) >= 11 is 0. The van der Waals surface area contributed by atoms with Crippen molar-refractivity contribution in [3.8, 4) is 0 Å². The van der Waals surface area contributed by atoms with Crippen LogP contribution in [0.4, 0.5) is 11.4 Å². The lowest BCUT2D eigenvalue weighted by Gasteiger charge is -2.17. The molecule has 2 rings (SSSR count). The summed E-state index contributed by atoms with van der Waals surface area (Å²) in [6.45, 7) is 0.289. The molecule has 5 N–H and O–H groups in total. The molecule has 0 unspecified atom stereocenters. The molecule has 0 saturated heterocycles. The first-order valence-corrected chi connectivity index (χ1v) is 9.30. The molecule has 0 amide bonds. The third-order valence-corrected chi connectivity index (χ3v) is 4.75. The second-order valence-electron chi connectivity index (χ2n) is 4.47. The molecule has 0 spiro atoms. The highest BCUT2D eigenvalue weighted by Crippen LogP contribution is 2.45. The third kappa shape index (κ3) is 4.38. The first kappa shape index (κ1) is 16.2. The summed E-state index contributed by atoms with van der Waals surface area (Å²) in [4.78, 5) is 41.4. The average Bonchev–Trinajstić information content (AvgIpc) is 2.75. The molecule has 116 valence electrons. The average molecular weight is 335 g/mol. The molecule has 1 aliphatic heterocycles. The van der Waals surface area contributed by atoms with Crippen LogP contribution < -0.4 is 10.2 Å². The van der Waals surface area contributed by atoms with Crippen molar-refractivity contribution in [3.05, 3.63) is 24.3 Å². The molecular formula is C10H15N3O6P2. The van der Waals surface area contributed by atoms with E-state index in [1.54, 1.807) is 4.90 Å². The quantitative estimate of drug-likeness (QED) is 0.388. The summed E-state index contributed by atoms with van der Waals surface area (Å²) < 4.78 is 22.2. The maximum Gasteiger partial charge on any atom is 0.370 e. The van der Waals surface area contributed by atoms with Crippen LogP contribution >= 0.6 is 15.2 Å². The molecule has 0 radical (unpaired) electrons. The van der Waals surface area contributed by atoms with Crippen molar-refractivity contribution in [2.75, 3.05) is 29.7 Å². The monoisotopic (exact) mass is 335 g/mol. The number of anilines is 2. The highest BCUT2D eigenvalue weighted by atomic mass is 31.2. The van der Waals surface area contributed by atoms with Gasteiger partial charge in [-0.25, -0.2) is 0 Å². The van der Waals surface area contributed by atoms with Crippen LogP contribution in [0.5, 0.6) is 0 Å². The van der Waals surface area contributed by atoms with Crippen LogP contribution in [-0.2, 0) is 9.13 Å². The number of aliphatic imine (C=N–C) groups is 1. The Hall–Kier alpha value is -1.21. The summed E-state index contributed by atoms with van der Waals surface area (Å²) in [7, 11) is -9.41. The number of hydrogen-bond donors (Lipinski definition) is 5. The molecule has 0 bridgehead atoms. The molecular weight excluding hydrogens is 320 g/mol. The zero-order valence-electron chi connectivity index (χ0n) is 10.8. The van der Waals surface area contributed by atoms with E-state index in [4.69, 9.17) is 19.6 Å². The molecule has 0 atom stereocenters. The van der Waals surface area contributed by atoms with Gasteiger partial charge in [0.2, 0.25) is 0 Å². The fourth-order valence-electron chi connectivity index (χ4n) is 1.88. The second-order valence-corrected chi connectivity index (χ2v) is 7.72. The number of fused-ring (bicyclic) bond motifs is 1. The smallest absolute Gasteiger partial charge is 0.366 e. The Labute approximate surface area is 120 Å². The van der Waals surface area contributed by atoms with Crippen molar-refractivity contribution in [1.29, 1.82) is 0 Å². The van der Waals surface area contributed by atoms with Gasteiger partial charge in [0.05, 0.1) is 24.2 Å². The number of hydrogen-bond acceptors (Lipinski definition) is 5. The number of nitrogens with zero attached hydrogens (tertiary/aromatic N) is 2. The highest BCUT2D eigenvalue weighted by molar-refractivity contribution is 7.73. The van der Waals surface area contributed by atoms with E-state index in [0.717, 1.165) is 11.4 Å². The zero-order chi connectivity index (χ0) is 15.7. The molecule has 1 heterocycles. The van der Waals surface area contributed by atoms with Gasteiger partial charge in [0.15, 0.2) is 0 Å². The molecule has 0 aliphatic carbocycles. The number of nitrogens with one attached hydrogen (secondary N) is 1. The van der Waals surface area contributed by atoms with Gasteiger partial charge in [-0.3, -0.25) is 14.1 Å². The van der Waals surface area contributed by atoms with Crippen molar-refractivity contribution < 1.29 is 28.7 Å². The van der Waals surface area contributed by atoms with Gasteiger partial charge in [0.1, 0.15) is 12.1 Å². The Morgan fingerprint density at radius 1 is 1.24 bits per heavy atom. The van der Waals surface area contributed by atoms with Gasteiger partial charge in [-0.15, -0.1) is 0 Å². The number of benzene rings is 1. The Balaban J connectivity index is 2.18. The van der Waals surface area contributed by atoms with Crippen LogP contribution in [0, 0.1) is 0 Å². The van der Waals surface area contributed by atoms with Crippen LogP contribution in [0.1, 0.15) is 0 Å². The number of rotatable bonds is 5. The lowest BCUT2D eigenvalue weighted by atomic mass is 10.3. The van der Waals surface area contributed by atoms with Gasteiger partial charge in [-0.2, -0.15) is 0 Å². The van der Waals surface area contributed by atoms with E-state index in [-0.39, 0.29) is 6.67 Å². The van der Waals surface area contributed by atoms with Gasteiger partial charge in [0, 0.05) is 0 Å². The van der Waals surface area contributed by atoms with Gasteiger partial charge < -0.3 is 29.8 Å². The van der Waals surface area contributed by atoms with E-state index in [1.165, 1.54) is 0 Å². The Morgan fingerprint density at radius 3 is 2.52 bits per heavy atom. The minimum Gasteiger partial charge on any atom is -0.366 e. The maximum atomic E-state index is 11.2. The Bertz CT molecular complexity index is 652. The lowest BCUT2D eigenvalue weighted by Crippen LogP contribution is -2.24. The van der Waals surface area contributed by atoms with E-state index >= 15 is 0 Å². The summed E-state index contributed by atoms with van der Waals surface area (Å²) in [6.07, 6.45) is -1.06. The summed E-state index contributed by atoms with van der Waals surface area (Å²) in [5.41, 5.74) is 0.878. The predicted molar refractivity (Wildman–Crippen MR) is 78.7 cm³/mol. The molecule has 1 aliphatic rings. The van der Waals surface area contributed by atoms with Crippen molar-refractivity contribution in [2.45, 2.75) is 0 Å². The van der Waals surface area contributed by atoms with Crippen LogP contribution in [0.25, 0.3) is 0 Å². The minimum atomic E-state index is -4.80. The molecule has 11 heteroatoms. The molecule has 9 nitrogen and oxygen atoms in total. The fourth-order valence-corrected chi connectivity index (χ4v) is 3.88. The second kappa shape index (κ2) is 5.88. The summed E-state index contributed by atoms with van der Waals surface area (Å²) in [5.74, 6) is 0. The largest absolute Gasteiger partial charge is 0.370 e. The van der Waals surface area contributed by atoms with Crippen LogP contribution in [0.3, 0.4) is 0 Å². The van der Waals surface area contributed by atoms with E-state index in [0.29, 0.717) is 6.67 Å². The molecule has 1 aromatic carbocycles. The Kier molecular flexibility index (Phi) is 4.53. The normalized spacial score (nSPS) is 15.8. The summed E-state index contributed by atoms with van der Waals surface area (Å²) in [5, 5.41) is 3.07. The van der Waals surface area contributed by atoms with Gasteiger partial charge in [-0.05, 0) is 12.1 Å². The highest BCUT2D eigenvalue weighted by Gasteiger charge is 2.30. The molecule has 0 saturated carbocycles. The Morgan fingerprint density at radius 2 is 1.90 bits per heavy atom. The van der Waals surface area contributed by atoms with Crippen molar-refractivity contribution in [3.63, 3.8) is 0 Å². The molecule has 0 fully saturated rings. The van der Waals surface area contributed by atoms with Gasteiger partial charge >= 0.3 is 15.2 Å². The zero-order valence-corrected chi connectivity index (χ0v) is 12.6. The molecule has 1 aromatic rings. The first-order valence-electron chi connectivity index (χ1n) is 5.89. The van der Waals surface area contributed by atoms with E-state index in [2.05, 4.69) is 10.3 Å². The van der Waals surface area contributed by atoms with Gasteiger partial charge in [0.25, 0.3) is 0 Å². The van der Waals surface area contributed by atoms with Crippen molar-refractivity contribution in [2.24, 2.45) is 4.99 Å². The fraction of sp³-hybridized carbons (Fsp3) is 0.300. The van der Waals surface area contributed by atoms with Crippen LogP contribution in [0.15, 0.2) is 29.3 Å².